The third kappa shape index (κ3) is 1.55. The van der Waals surface area contributed by atoms with Gasteiger partial charge in [-0.3, -0.25) is 4.79 Å². The highest BCUT2D eigenvalue weighted by molar-refractivity contribution is 6.08. The number of carbonyl (C=O) groups excluding carboxylic acids is 2. The van der Waals surface area contributed by atoms with E-state index in [-0.39, 0.29) is 5.69 Å². The van der Waals surface area contributed by atoms with Gasteiger partial charge in [-0.2, -0.15) is 0 Å². The second-order valence-electron chi connectivity index (χ2n) is 4.73. The number of ether oxygens (including phenoxy) is 1. The fourth-order valence-electron chi connectivity index (χ4n) is 2.65. The van der Waals surface area contributed by atoms with Crippen molar-refractivity contribution in [2.45, 2.75) is 12.0 Å². The maximum atomic E-state index is 12.1. The van der Waals surface area contributed by atoms with Gasteiger partial charge in [-0.25, -0.2) is 4.79 Å². The van der Waals surface area contributed by atoms with Crippen LogP contribution < -0.4 is 5.32 Å². The molecule has 0 bridgehead atoms. The molecule has 104 valence electrons. The summed E-state index contributed by atoms with van der Waals surface area (Å²) in [6.45, 7) is 0.354. The molecule has 1 aromatic heterocycles. The Hall–Kier alpha value is -2.34. The zero-order valence-corrected chi connectivity index (χ0v) is 10.9. The Morgan fingerprint density at radius 2 is 2.15 bits per heavy atom. The average Bonchev–Trinajstić information content (AvgIpc) is 2.79. The standard InChI is InChI=1S/C14H14N2O4/c1-20-13(18)14(19)11-9(6-7-15-12(14)17)8-4-2-3-5-10(8)16-11/h2-5,16,19H,6-7H2,1H3,(H,15,17). The number of aromatic amines is 1. The molecule has 6 heteroatoms. The summed E-state index contributed by atoms with van der Waals surface area (Å²) in [4.78, 5) is 27.0. The number of esters is 1. The molecule has 1 aliphatic rings. The minimum absolute atomic E-state index is 0.195. The quantitative estimate of drug-likeness (QED) is 0.512. The number of rotatable bonds is 1. The highest BCUT2D eigenvalue weighted by Crippen LogP contribution is 2.33. The lowest BCUT2D eigenvalue weighted by molar-refractivity contribution is -0.170. The Kier molecular flexibility index (Phi) is 2.76. The van der Waals surface area contributed by atoms with Crippen molar-refractivity contribution in [3.63, 3.8) is 0 Å². The van der Waals surface area contributed by atoms with Gasteiger partial charge in [0, 0.05) is 17.4 Å². The van der Waals surface area contributed by atoms with Gasteiger partial charge in [0.25, 0.3) is 11.5 Å². The van der Waals surface area contributed by atoms with Crippen molar-refractivity contribution in [1.29, 1.82) is 0 Å². The molecule has 2 aromatic rings. The lowest BCUT2D eigenvalue weighted by Gasteiger charge is -2.21. The van der Waals surface area contributed by atoms with Crippen LogP contribution in [0.15, 0.2) is 24.3 Å². The number of amides is 1. The Labute approximate surface area is 114 Å². The van der Waals surface area contributed by atoms with Crippen molar-refractivity contribution < 1.29 is 19.4 Å². The molecule has 6 nitrogen and oxygen atoms in total. The maximum Gasteiger partial charge on any atom is 0.354 e. The Bertz CT molecular complexity index is 706. The molecule has 1 amide bonds. The zero-order chi connectivity index (χ0) is 14.3. The number of hydrogen-bond acceptors (Lipinski definition) is 4. The first-order valence-corrected chi connectivity index (χ1v) is 6.28. The van der Waals surface area contributed by atoms with E-state index in [2.05, 4.69) is 15.0 Å². The Balaban J connectivity index is 2.32. The van der Waals surface area contributed by atoms with Gasteiger partial charge in [0.1, 0.15) is 0 Å². The predicted octanol–water partition coefficient (Wildman–Crippen LogP) is 0.201. The summed E-state index contributed by atoms with van der Waals surface area (Å²) in [6.07, 6.45) is 0.532. The molecule has 0 radical (unpaired) electrons. The summed E-state index contributed by atoms with van der Waals surface area (Å²) in [5.41, 5.74) is -0.610. The van der Waals surface area contributed by atoms with E-state index >= 15 is 0 Å². The Morgan fingerprint density at radius 1 is 1.40 bits per heavy atom. The number of methoxy groups -OCH3 is 1. The molecule has 1 aliphatic heterocycles. The van der Waals surface area contributed by atoms with Gasteiger partial charge in [-0.1, -0.05) is 18.2 Å². The number of aliphatic hydroxyl groups is 1. The number of hydrogen-bond donors (Lipinski definition) is 3. The molecule has 3 rings (SSSR count). The molecule has 3 N–H and O–H groups in total. The number of benzene rings is 1. The molecular weight excluding hydrogens is 260 g/mol. The number of H-pyrrole nitrogens is 1. The molecule has 2 heterocycles. The zero-order valence-electron chi connectivity index (χ0n) is 10.9. The fourth-order valence-corrected chi connectivity index (χ4v) is 2.65. The van der Waals surface area contributed by atoms with E-state index in [9.17, 15) is 14.7 Å². The molecule has 20 heavy (non-hydrogen) atoms. The molecule has 1 atom stereocenters. The summed E-state index contributed by atoms with van der Waals surface area (Å²) in [5, 5.41) is 14.1. The summed E-state index contributed by atoms with van der Waals surface area (Å²) in [5.74, 6) is -1.76. The minimum Gasteiger partial charge on any atom is -0.466 e. The second kappa shape index (κ2) is 4.35. The Morgan fingerprint density at radius 3 is 2.90 bits per heavy atom. The van der Waals surface area contributed by atoms with Crippen LogP contribution in [0.2, 0.25) is 0 Å². The molecule has 0 saturated carbocycles. The van der Waals surface area contributed by atoms with E-state index in [0.29, 0.717) is 13.0 Å². The van der Waals surface area contributed by atoms with Crippen LogP contribution in [0.4, 0.5) is 0 Å². The van der Waals surface area contributed by atoms with Crippen LogP contribution in [0.5, 0.6) is 0 Å². The minimum atomic E-state index is -2.33. The van der Waals surface area contributed by atoms with Crippen LogP contribution in [0.25, 0.3) is 10.9 Å². The summed E-state index contributed by atoms with van der Waals surface area (Å²) in [7, 11) is 1.14. The first-order chi connectivity index (χ1) is 9.59. The van der Waals surface area contributed by atoms with Crippen molar-refractivity contribution >= 4 is 22.8 Å². The lowest BCUT2D eigenvalue weighted by atomic mass is 9.95. The van der Waals surface area contributed by atoms with Crippen LogP contribution in [-0.2, 0) is 26.3 Å². The van der Waals surface area contributed by atoms with Gasteiger partial charge in [0.15, 0.2) is 0 Å². The lowest BCUT2D eigenvalue weighted by Crippen LogP contribution is -2.50. The van der Waals surface area contributed by atoms with E-state index in [0.717, 1.165) is 23.6 Å². The van der Waals surface area contributed by atoms with E-state index in [4.69, 9.17) is 0 Å². The third-order valence-corrected chi connectivity index (χ3v) is 3.65. The monoisotopic (exact) mass is 274 g/mol. The molecule has 1 aromatic carbocycles. The molecular formula is C14H14N2O4. The molecule has 0 fully saturated rings. The van der Waals surface area contributed by atoms with E-state index in [1.54, 1.807) is 0 Å². The number of fused-ring (bicyclic) bond motifs is 3. The van der Waals surface area contributed by atoms with Crippen molar-refractivity contribution in [2.75, 3.05) is 13.7 Å². The molecule has 1 unspecified atom stereocenters. The van der Waals surface area contributed by atoms with Crippen molar-refractivity contribution in [3.05, 3.63) is 35.5 Å². The number of nitrogens with one attached hydrogen (secondary N) is 2. The van der Waals surface area contributed by atoms with Gasteiger partial charge >= 0.3 is 5.97 Å². The summed E-state index contributed by atoms with van der Waals surface area (Å²) in [6, 6.07) is 7.43. The largest absolute Gasteiger partial charge is 0.466 e. The normalized spacial score (nSPS) is 22.0. The summed E-state index contributed by atoms with van der Waals surface area (Å²) >= 11 is 0. The smallest absolute Gasteiger partial charge is 0.354 e. The SMILES string of the molecule is COC(=O)C1(O)C(=O)NCCc2c1[nH]c1ccccc21. The average molecular weight is 274 g/mol. The van der Waals surface area contributed by atoms with E-state index in [1.807, 2.05) is 24.3 Å². The number of para-hydroxylation sites is 1. The van der Waals surface area contributed by atoms with Crippen LogP contribution in [0, 0.1) is 0 Å². The van der Waals surface area contributed by atoms with Gasteiger partial charge in [0.05, 0.1) is 12.8 Å². The fraction of sp³-hybridized carbons (Fsp3) is 0.286. The maximum absolute atomic E-state index is 12.1. The van der Waals surface area contributed by atoms with Crippen LogP contribution in [0.1, 0.15) is 11.3 Å². The van der Waals surface area contributed by atoms with Crippen molar-refractivity contribution in [1.82, 2.24) is 10.3 Å². The second-order valence-corrected chi connectivity index (χ2v) is 4.73. The van der Waals surface area contributed by atoms with Crippen LogP contribution in [-0.4, -0.2) is 35.6 Å². The van der Waals surface area contributed by atoms with Crippen molar-refractivity contribution in [2.24, 2.45) is 0 Å². The van der Waals surface area contributed by atoms with Gasteiger partial charge < -0.3 is 20.1 Å². The first-order valence-electron chi connectivity index (χ1n) is 6.28. The molecule has 0 saturated heterocycles. The highest BCUT2D eigenvalue weighted by atomic mass is 16.5. The topological polar surface area (TPSA) is 91.4 Å². The number of carbonyl (C=O) groups is 2. The van der Waals surface area contributed by atoms with E-state index in [1.165, 1.54) is 0 Å². The van der Waals surface area contributed by atoms with Crippen LogP contribution >= 0.6 is 0 Å². The highest BCUT2D eigenvalue weighted by Gasteiger charge is 2.51. The van der Waals surface area contributed by atoms with Gasteiger partial charge in [-0.15, -0.1) is 0 Å². The van der Waals surface area contributed by atoms with Crippen molar-refractivity contribution in [3.8, 4) is 0 Å². The van der Waals surface area contributed by atoms with Gasteiger partial charge in [0.2, 0.25) is 0 Å². The molecule has 0 aliphatic carbocycles. The number of aromatic nitrogens is 1. The van der Waals surface area contributed by atoms with Gasteiger partial charge in [-0.05, 0) is 18.1 Å². The first kappa shape index (κ1) is 12.7. The summed E-state index contributed by atoms with van der Waals surface area (Å²) < 4.78 is 4.60. The van der Waals surface area contributed by atoms with Crippen LogP contribution in [0.3, 0.4) is 0 Å². The molecule has 0 spiro atoms. The van der Waals surface area contributed by atoms with E-state index < -0.39 is 17.5 Å². The predicted molar refractivity (Wildman–Crippen MR) is 70.9 cm³/mol. The third-order valence-electron chi connectivity index (χ3n) is 3.65.